The van der Waals surface area contributed by atoms with Crippen molar-refractivity contribution in [3.05, 3.63) is 97.2 Å². The molecule has 0 saturated heterocycles. The van der Waals surface area contributed by atoms with E-state index in [2.05, 4.69) is 41.9 Å². The van der Waals surface area contributed by atoms with E-state index in [1.165, 1.54) is 0 Å². The van der Waals surface area contributed by atoms with Crippen molar-refractivity contribution in [2.45, 2.75) is 76.9 Å². The lowest BCUT2D eigenvalue weighted by molar-refractivity contribution is -0.140. The fourth-order valence-corrected chi connectivity index (χ4v) is 10.2. The summed E-state index contributed by atoms with van der Waals surface area (Å²) in [5.74, 6) is -1.84. The number of hydrogen-bond donors (Lipinski definition) is 1. The molecule has 1 N–H and O–H groups in total. The Labute approximate surface area is 307 Å². The van der Waals surface area contributed by atoms with E-state index < -0.39 is 43.4 Å². The Morgan fingerprint density at radius 3 is 2.44 bits per heavy atom. The van der Waals surface area contributed by atoms with Crippen LogP contribution < -0.4 is 4.74 Å². The third-order valence-electron chi connectivity index (χ3n) is 11.5. The Morgan fingerprint density at radius 1 is 1.08 bits per heavy atom. The molecule has 4 atom stereocenters. The fourth-order valence-electron chi connectivity index (χ4n) is 8.01. The predicted octanol–water partition coefficient (Wildman–Crippen LogP) is 9.42. The molecule has 0 spiro atoms. The molecule has 0 bridgehead atoms. The molecule has 3 aromatic carbocycles. The van der Waals surface area contributed by atoms with Gasteiger partial charge in [0.15, 0.2) is 19.7 Å². The Morgan fingerprint density at radius 2 is 1.78 bits per heavy atom. The summed E-state index contributed by atoms with van der Waals surface area (Å²) in [5.41, 5.74) is 1.45. The molecule has 50 heavy (non-hydrogen) atoms. The molecular formula is C39H42BrClN2O6Si. The summed E-state index contributed by atoms with van der Waals surface area (Å²) in [7, 11) is 0.968. The number of nitrogens with zero attached hydrogens (tertiary/aromatic N) is 2. The normalized spacial score (nSPS) is 23.5. The van der Waals surface area contributed by atoms with Gasteiger partial charge in [-0.05, 0) is 97.3 Å². The second-order valence-electron chi connectivity index (χ2n) is 15.7. The van der Waals surface area contributed by atoms with Gasteiger partial charge in [-0.25, -0.2) is 0 Å². The van der Waals surface area contributed by atoms with Crippen molar-refractivity contribution >= 4 is 63.9 Å². The monoisotopic (exact) mass is 776 g/mol. The van der Waals surface area contributed by atoms with Gasteiger partial charge in [0.2, 0.25) is 11.6 Å². The summed E-state index contributed by atoms with van der Waals surface area (Å²) in [6, 6.07) is 14.9. The van der Waals surface area contributed by atoms with E-state index in [9.17, 15) is 5.11 Å². The van der Waals surface area contributed by atoms with Crippen LogP contribution in [0.15, 0.2) is 63.1 Å². The number of fused-ring (bicyclic) bond motifs is 5. The number of ether oxygens (including phenoxy) is 1. The first-order valence-electron chi connectivity index (χ1n) is 17.0. The van der Waals surface area contributed by atoms with Gasteiger partial charge in [-0.1, -0.05) is 84.7 Å². The highest BCUT2D eigenvalue weighted by atomic mass is 79.9. The average molecular weight is 778 g/mol. The van der Waals surface area contributed by atoms with Gasteiger partial charge in [0, 0.05) is 26.9 Å². The molecule has 262 valence electrons. The molecule has 3 aliphatic carbocycles. The molecule has 0 unspecified atom stereocenters. The summed E-state index contributed by atoms with van der Waals surface area (Å²) in [6.45, 7) is 12.4. The van der Waals surface area contributed by atoms with E-state index in [-0.39, 0.29) is 34.4 Å². The van der Waals surface area contributed by atoms with Crippen LogP contribution in [0.2, 0.25) is 23.2 Å². The summed E-state index contributed by atoms with van der Waals surface area (Å²) >= 11 is 10.7. The van der Waals surface area contributed by atoms with Crippen molar-refractivity contribution in [1.82, 2.24) is 10.1 Å². The number of aliphatic hydroxyl groups excluding tert-OH is 1. The van der Waals surface area contributed by atoms with Gasteiger partial charge in [0.05, 0.1) is 11.1 Å². The van der Waals surface area contributed by atoms with Crippen molar-refractivity contribution in [2.24, 2.45) is 11.8 Å². The number of aliphatic hydroxyl groups is 1. The minimum Gasteiger partial charge on any atom is -0.507 e. The third kappa shape index (κ3) is 5.16. The third-order valence-corrected chi connectivity index (χ3v) is 16.8. The van der Waals surface area contributed by atoms with Crippen molar-refractivity contribution in [2.75, 3.05) is 14.1 Å². The highest BCUT2D eigenvalue weighted by Crippen LogP contribution is 2.59. The van der Waals surface area contributed by atoms with Crippen molar-refractivity contribution in [1.29, 1.82) is 0 Å². The number of carbonyl (C=O) groups is 2. The molecule has 4 aromatic rings. The van der Waals surface area contributed by atoms with Crippen LogP contribution in [0.25, 0.3) is 16.5 Å². The van der Waals surface area contributed by atoms with Crippen LogP contribution in [0, 0.1) is 18.8 Å². The number of ketones is 2. The number of Topliss-reactive ketones (excluding diaryl/α,β-unsaturated/α-hetero) is 2. The van der Waals surface area contributed by atoms with Gasteiger partial charge in [-0.15, -0.1) is 0 Å². The first-order chi connectivity index (χ1) is 23.5. The van der Waals surface area contributed by atoms with Gasteiger partial charge in [0.1, 0.15) is 17.9 Å². The molecule has 8 nitrogen and oxygen atoms in total. The van der Waals surface area contributed by atoms with E-state index in [1.807, 2.05) is 87.5 Å². The first-order valence-corrected chi connectivity index (χ1v) is 21.0. The number of benzene rings is 3. The van der Waals surface area contributed by atoms with Crippen LogP contribution in [0.3, 0.4) is 0 Å². The minimum atomic E-state index is -2.84. The van der Waals surface area contributed by atoms with Crippen molar-refractivity contribution in [3.8, 4) is 5.88 Å². The Bertz CT molecular complexity index is 2100. The molecule has 1 saturated carbocycles. The smallest absolute Gasteiger partial charge is 0.265 e. The highest BCUT2D eigenvalue weighted by molar-refractivity contribution is 9.10. The predicted molar refractivity (Wildman–Crippen MR) is 200 cm³/mol. The molecule has 3 aliphatic rings. The number of aryl methyl sites for hydroxylation is 1. The lowest BCUT2D eigenvalue weighted by Crippen LogP contribution is -2.68. The summed E-state index contributed by atoms with van der Waals surface area (Å²) in [4.78, 5) is 32.9. The standard InChI is InChI=1S/C39H42BrClN2O6Si/c1-20-25-18-23(40)14-15-24(25)31(41)26-16-22-17-27-32(43(5)6)34-30(37(42-48-34)47-19-21-12-10-9-11-13-21)36(46)39(27,49-50(7,8)38(2,3)4)35(45)29(22)33(44)28(20)26/h9-15,18,22,27,32,44H,16-17,19H2,1-8H3/t22-,27-,32-,39-/m0/s1. The number of aromatic nitrogens is 1. The molecule has 11 heteroatoms. The quantitative estimate of drug-likeness (QED) is 0.153. The van der Waals surface area contributed by atoms with Crippen LogP contribution in [0.5, 0.6) is 5.88 Å². The number of halogens is 2. The zero-order valence-corrected chi connectivity index (χ0v) is 33.0. The van der Waals surface area contributed by atoms with Gasteiger partial charge in [-0.3, -0.25) is 14.5 Å². The summed E-state index contributed by atoms with van der Waals surface area (Å²) in [5, 5.41) is 18.5. The summed E-state index contributed by atoms with van der Waals surface area (Å²) < 4.78 is 20.2. The van der Waals surface area contributed by atoms with Crippen LogP contribution in [0.1, 0.15) is 71.6 Å². The number of rotatable bonds is 6. The van der Waals surface area contributed by atoms with E-state index in [0.717, 1.165) is 31.9 Å². The molecular weight excluding hydrogens is 736 g/mol. The van der Waals surface area contributed by atoms with Crippen molar-refractivity contribution in [3.63, 3.8) is 0 Å². The van der Waals surface area contributed by atoms with Gasteiger partial charge in [0.25, 0.3) is 5.88 Å². The van der Waals surface area contributed by atoms with E-state index >= 15 is 9.59 Å². The van der Waals surface area contributed by atoms with Gasteiger partial charge >= 0.3 is 0 Å². The lowest BCUT2D eigenvalue weighted by Gasteiger charge is -2.55. The fraction of sp³-hybridized carbons (Fsp3) is 0.410. The van der Waals surface area contributed by atoms with Crippen LogP contribution in [-0.2, 0) is 22.2 Å². The van der Waals surface area contributed by atoms with Crippen molar-refractivity contribution < 1.29 is 28.4 Å². The van der Waals surface area contributed by atoms with Crippen LogP contribution >= 0.6 is 27.5 Å². The second kappa shape index (κ2) is 12.2. The maximum absolute atomic E-state index is 15.6. The maximum Gasteiger partial charge on any atom is 0.265 e. The SMILES string of the molecule is Cc1c2c(c(Cl)c3ccc(Br)cc13)C[C@H]1C[C@H]3[C@H](N(C)C)c4onc(OCc5ccccc5)c4C(=O)[C@@]3(O[Si](C)(C)C(C)(C)C)C(=O)C1=C2O. The molecule has 0 radical (unpaired) electrons. The van der Waals surface area contributed by atoms with Gasteiger partial charge in [-0.2, -0.15) is 0 Å². The Balaban J connectivity index is 1.46. The first kappa shape index (κ1) is 35.1. The second-order valence-corrected chi connectivity index (χ2v) is 21.7. The molecule has 1 heterocycles. The minimum absolute atomic E-state index is 0.0270. The van der Waals surface area contributed by atoms with E-state index in [0.29, 0.717) is 29.2 Å². The maximum atomic E-state index is 15.6. The van der Waals surface area contributed by atoms with Crippen LogP contribution in [-0.4, -0.2) is 54.7 Å². The molecule has 1 aromatic heterocycles. The Kier molecular flexibility index (Phi) is 8.54. The topological polar surface area (TPSA) is 102 Å². The molecule has 1 fully saturated rings. The van der Waals surface area contributed by atoms with Gasteiger partial charge < -0.3 is 18.8 Å². The molecule has 0 aliphatic heterocycles. The van der Waals surface area contributed by atoms with E-state index in [4.69, 9.17) is 25.3 Å². The largest absolute Gasteiger partial charge is 0.507 e. The molecule has 7 rings (SSSR count). The highest BCUT2D eigenvalue weighted by Gasteiger charge is 2.68. The molecule has 0 amide bonds. The number of hydrogen-bond acceptors (Lipinski definition) is 8. The Hall–Kier alpha value is -3.28. The summed E-state index contributed by atoms with van der Waals surface area (Å²) in [6.07, 6.45) is 0.809. The lowest BCUT2D eigenvalue weighted by atomic mass is 9.57. The zero-order chi connectivity index (χ0) is 36.1. The van der Waals surface area contributed by atoms with E-state index in [1.54, 1.807) is 0 Å². The van der Waals surface area contributed by atoms with Crippen LogP contribution in [0.4, 0.5) is 0 Å². The zero-order valence-electron chi connectivity index (χ0n) is 29.6. The number of carbonyl (C=O) groups excluding carboxylic acids is 2. The average Bonchev–Trinajstić information content (AvgIpc) is 3.47.